The molecule has 2 rings (SSSR count). The summed E-state index contributed by atoms with van der Waals surface area (Å²) in [6.45, 7) is 2.84. The second kappa shape index (κ2) is 6.18. The summed E-state index contributed by atoms with van der Waals surface area (Å²) in [6, 6.07) is 0. The summed E-state index contributed by atoms with van der Waals surface area (Å²) in [5.41, 5.74) is 5.90. The van der Waals surface area contributed by atoms with Crippen LogP contribution in [0.25, 0.3) is 0 Å². The maximum absolute atomic E-state index is 12.0. The highest BCUT2D eigenvalue weighted by Gasteiger charge is 2.30. The lowest BCUT2D eigenvalue weighted by atomic mass is 9.81. The van der Waals surface area contributed by atoms with Crippen molar-refractivity contribution < 1.29 is 17.9 Å². The molecule has 0 amide bonds. The van der Waals surface area contributed by atoms with Gasteiger partial charge in [0.1, 0.15) is 13.2 Å². The summed E-state index contributed by atoms with van der Waals surface area (Å²) in [5, 5.41) is 6.63. The molecule has 0 unspecified atom stereocenters. The Labute approximate surface area is 120 Å². The van der Waals surface area contributed by atoms with Gasteiger partial charge in [-0.1, -0.05) is 6.92 Å². The summed E-state index contributed by atoms with van der Waals surface area (Å²) in [4.78, 5) is 6.16. The lowest BCUT2D eigenvalue weighted by molar-refractivity contribution is -0.177. The molecule has 0 aliphatic carbocycles. The predicted molar refractivity (Wildman–Crippen MR) is 70.7 cm³/mol. The number of halogens is 3. The van der Waals surface area contributed by atoms with Crippen molar-refractivity contribution in [2.45, 2.75) is 32.5 Å². The summed E-state index contributed by atoms with van der Waals surface area (Å²) >= 11 is 0. The molecule has 6 nitrogen and oxygen atoms in total. The van der Waals surface area contributed by atoms with E-state index in [0.29, 0.717) is 18.3 Å². The number of nitrogens with zero attached hydrogens (tertiary/aromatic N) is 3. The van der Waals surface area contributed by atoms with Gasteiger partial charge in [0.2, 0.25) is 5.95 Å². The minimum absolute atomic E-state index is 0.144. The third kappa shape index (κ3) is 4.57. The molecule has 0 saturated carbocycles. The average molecular weight is 307 g/mol. The monoisotopic (exact) mass is 307 g/mol. The quantitative estimate of drug-likeness (QED) is 0.860. The summed E-state index contributed by atoms with van der Waals surface area (Å²) in [6.07, 6.45) is -2.45. The van der Waals surface area contributed by atoms with Crippen molar-refractivity contribution in [3.63, 3.8) is 0 Å². The van der Waals surface area contributed by atoms with E-state index in [1.807, 2.05) is 4.90 Å². The largest absolute Gasteiger partial charge is 0.411 e. The molecule has 9 heteroatoms. The van der Waals surface area contributed by atoms with Crippen LogP contribution in [-0.4, -0.2) is 47.6 Å². The number of alkyl halides is 3. The number of ether oxygens (including phenoxy) is 1. The Hall–Kier alpha value is -1.35. The molecule has 1 aliphatic rings. The van der Waals surface area contributed by atoms with E-state index in [0.717, 1.165) is 25.9 Å². The van der Waals surface area contributed by atoms with Gasteiger partial charge in [-0.3, -0.25) is 5.10 Å². The van der Waals surface area contributed by atoms with Gasteiger partial charge in [0, 0.05) is 13.1 Å². The fourth-order valence-corrected chi connectivity index (χ4v) is 2.21. The van der Waals surface area contributed by atoms with Crippen LogP contribution in [-0.2, 0) is 11.3 Å². The number of nitrogens with one attached hydrogen (secondary N) is 1. The first kappa shape index (κ1) is 16.0. The highest BCUT2D eigenvalue weighted by atomic mass is 19.4. The Morgan fingerprint density at radius 3 is 2.62 bits per heavy atom. The fraction of sp³-hybridized carbons (Fsp3) is 0.833. The Kier molecular flexibility index (Phi) is 4.72. The number of aromatic amines is 1. The van der Waals surface area contributed by atoms with Crippen LogP contribution in [0.5, 0.6) is 0 Å². The third-order valence-corrected chi connectivity index (χ3v) is 3.77. The SMILES string of the molecule is CC1(CN)CCN(c2n[nH]c(COCC(F)(F)F)n2)CC1. The van der Waals surface area contributed by atoms with Crippen molar-refractivity contribution in [1.82, 2.24) is 15.2 Å². The zero-order valence-electron chi connectivity index (χ0n) is 11.9. The van der Waals surface area contributed by atoms with Crippen LogP contribution in [0, 0.1) is 5.41 Å². The molecule has 0 spiro atoms. The van der Waals surface area contributed by atoms with Crippen LogP contribution in [0.3, 0.4) is 0 Å². The van der Waals surface area contributed by atoms with E-state index in [9.17, 15) is 13.2 Å². The van der Waals surface area contributed by atoms with E-state index in [2.05, 4.69) is 26.8 Å². The van der Waals surface area contributed by atoms with Crippen LogP contribution in [0.15, 0.2) is 0 Å². The number of aromatic nitrogens is 3. The molecule has 0 atom stereocenters. The van der Waals surface area contributed by atoms with Gasteiger partial charge < -0.3 is 15.4 Å². The Morgan fingerprint density at radius 2 is 2.05 bits per heavy atom. The Balaban J connectivity index is 1.83. The standard InChI is InChI=1S/C12H20F3N5O/c1-11(7-16)2-4-20(5-3-11)10-17-9(18-19-10)6-21-8-12(13,14)15/h2-8,16H2,1H3,(H,17,18,19). The normalized spacial score (nSPS) is 19.0. The first-order valence-corrected chi connectivity index (χ1v) is 6.82. The van der Waals surface area contributed by atoms with Crippen molar-refractivity contribution >= 4 is 5.95 Å². The van der Waals surface area contributed by atoms with E-state index in [1.54, 1.807) is 0 Å². The lowest BCUT2D eigenvalue weighted by Gasteiger charge is -2.38. The second-order valence-electron chi connectivity index (χ2n) is 5.69. The molecular formula is C12H20F3N5O. The first-order valence-electron chi connectivity index (χ1n) is 6.82. The molecule has 1 saturated heterocycles. The number of piperidine rings is 1. The first-order chi connectivity index (χ1) is 9.81. The lowest BCUT2D eigenvalue weighted by Crippen LogP contribution is -2.42. The highest BCUT2D eigenvalue weighted by Crippen LogP contribution is 2.30. The number of anilines is 1. The molecule has 1 aromatic rings. The molecule has 0 radical (unpaired) electrons. The molecular weight excluding hydrogens is 287 g/mol. The average Bonchev–Trinajstić information content (AvgIpc) is 2.87. The Bertz CT molecular complexity index is 454. The zero-order chi connectivity index (χ0) is 15.5. The van der Waals surface area contributed by atoms with E-state index in [4.69, 9.17) is 5.73 Å². The smallest absolute Gasteiger partial charge is 0.364 e. The van der Waals surface area contributed by atoms with Gasteiger partial charge in [-0.25, -0.2) is 0 Å². The van der Waals surface area contributed by atoms with Crippen molar-refractivity contribution in [2.75, 3.05) is 31.1 Å². The van der Waals surface area contributed by atoms with E-state index >= 15 is 0 Å². The van der Waals surface area contributed by atoms with Crippen LogP contribution in [0.4, 0.5) is 19.1 Å². The van der Waals surface area contributed by atoms with Gasteiger partial charge in [-0.15, -0.1) is 5.10 Å². The van der Waals surface area contributed by atoms with Crippen molar-refractivity contribution in [1.29, 1.82) is 0 Å². The number of hydrogen-bond donors (Lipinski definition) is 2. The van der Waals surface area contributed by atoms with Crippen LogP contribution in [0.1, 0.15) is 25.6 Å². The number of H-pyrrole nitrogens is 1. The molecule has 2 heterocycles. The summed E-state index contributed by atoms with van der Waals surface area (Å²) in [7, 11) is 0. The van der Waals surface area contributed by atoms with Crippen molar-refractivity contribution in [3.8, 4) is 0 Å². The van der Waals surface area contributed by atoms with E-state index < -0.39 is 12.8 Å². The molecule has 21 heavy (non-hydrogen) atoms. The molecule has 1 aromatic heterocycles. The van der Waals surface area contributed by atoms with Crippen LogP contribution in [0.2, 0.25) is 0 Å². The summed E-state index contributed by atoms with van der Waals surface area (Å²) < 4.78 is 40.5. The number of rotatable bonds is 5. The maximum atomic E-state index is 12.0. The molecule has 120 valence electrons. The highest BCUT2D eigenvalue weighted by molar-refractivity contribution is 5.29. The zero-order valence-corrected chi connectivity index (χ0v) is 11.9. The minimum Gasteiger partial charge on any atom is -0.364 e. The van der Waals surface area contributed by atoms with Gasteiger partial charge in [0.05, 0.1) is 0 Å². The van der Waals surface area contributed by atoms with Gasteiger partial charge in [0.25, 0.3) is 0 Å². The minimum atomic E-state index is -4.33. The van der Waals surface area contributed by atoms with Crippen molar-refractivity contribution in [2.24, 2.45) is 11.1 Å². The van der Waals surface area contributed by atoms with Gasteiger partial charge >= 0.3 is 6.18 Å². The van der Waals surface area contributed by atoms with Gasteiger partial charge in [-0.05, 0) is 24.8 Å². The van der Waals surface area contributed by atoms with Crippen LogP contribution >= 0.6 is 0 Å². The van der Waals surface area contributed by atoms with E-state index in [-0.39, 0.29) is 12.0 Å². The van der Waals surface area contributed by atoms with Crippen molar-refractivity contribution in [3.05, 3.63) is 5.82 Å². The second-order valence-corrected chi connectivity index (χ2v) is 5.69. The fourth-order valence-electron chi connectivity index (χ4n) is 2.21. The predicted octanol–water partition coefficient (Wildman–Crippen LogP) is 1.45. The molecule has 0 aromatic carbocycles. The summed E-state index contributed by atoms with van der Waals surface area (Å²) in [5.74, 6) is 0.793. The maximum Gasteiger partial charge on any atom is 0.411 e. The molecule has 0 bridgehead atoms. The van der Waals surface area contributed by atoms with Crippen LogP contribution < -0.4 is 10.6 Å². The van der Waals surface area contributed by atoms with Gasteiger partial charge in [-0.2, -0.15) is 18.2 Å². The molecule has 3 N–H and O–H groups in total. The number of nitrogens with two attached hydrogens (primary N) is 1. The molecule has 1 fully saturated rings. The molecule has 1 aliphatic heterocycles. The third-order valence-electron chi connectivity index (χ3n) is 3.77. The van der Waals surface area contributed by atoms with Gasteiger partial charge in [0.15, 0.2) is 5.82 Å². The van der Waals surface area contributed by atoms with E-state index in [1.165, 1.54) is 0 Å². The Morgan fingerprint density at radius 1 is 1.38 bits per heavy atom. The number of hydrogen-bond acceptors (Lipinski definition) is 5. The topological polar surface area (TPSA) is 80.1 Å².